The molecule has 0 aliphatic rings. The molecule has 0 bridgehead atoms. The second kappa shape index (κ2) is 10.7. The number of sulfonamides is 1. The van der Waals surface area contributed by atoms with Crippen LogP contribution in [0.5, 0.6) is 0 Å². The van der Waals surface area contributed by atoms with Crippen LogP contribution in [-0.4, -0.2) is 69.1 Å². The number of nitrogens with zero attached hydrogens (tertiary/aromatic N) is 4. The number of nitrogens with one attached hydrogen (secondary N) is 1. The van der Waals surface area contributed by atoms with Crippen LogP contribution < -0.4 is 16.8 Å². The molecular formula is C19H28ClN7O3S. The number of hydrogen-bond acceptors (Lipinski definition) is 7. The van der Waals surface area contributed by atoms with Crippen LogP contribution in [0.1, 0.15) is 23.3 Å². The number of benzene rings is 1. The predicted octanol–water partition coefficient (Wildman–Crippen LogP) is 1.64. The molecule has 0 spiro atoms. The van der Waals surface area contributed by atoms with Gasteiger partial charge in [0.15, 0.2) is 22.5 Å². The summed E-state index contributed by atoms with van der Waals surface area (Å²) in [5, 5.41) is 2.67. The van der Waals surface area contributed by atoms with Gasteiger partial charge in [-0.2, -0.15) is 0 Å². The topological polar surface area (TPSA) is 155 Å². The van der Waals surface area contributed by atoms with Crippen molar-refractivity contribution in [1.82, 2.24) is 15.3 Å². The molecule has 1 aromatic heterocycles. The third kappa shape index (κ3) is 7.62. The zero-order valence-corrected chi connectivity index (χ0v) is 19.2. The number of nitrogens with two attached hydrogens (primary N) is 2. The number of halogens is 1. The maximum absolute atomic E-state index is 12.3. The lowest BCUT2D eigenvalue weighted by Gasteiger charge is -2.30. The Morgan fingerprint density at radius 3 is 2.45 bits per heavy atom. The molecule has 1 amide bonds. The summed E-state index contributed by atoms with van der Waals surface area (Å²) in [6.45, 7) is 2.08. The lowest BCUT2D eigenvalue weighted by Crippen LogP contribution is -2.46. The normalized spacial score (nSPS) is 12.0. The second-order valence-electron chi connectivity index (χ2n) is 7.62. The molecule has 170 valence electrons. The molecule has 0 aliphatic heterocycles. The fraction of sp³-hybridized carbons (Fsp3) is 0.421. The van der Waals surface area contributed by atoms with Gasteiger partial charge < -0.3 is 26.0 Å². The molecule has 0 fully saturated rings. The summed E-state index contributed by atoms with van der Waals surface area (Å²) >= 11 is 5.80. The van der Waals surface area contributed by atoms with Gasteiger partial charge >= 0.3 is 0 Å². The van der Waals surface area contributed by atoms with E-state index >= 15 is 0 Å². The van der Waals surface area contributed by atoms with Crippen LogP contribution in [0, 0.1) is 0 Å². The molecule has 1 aromatic carbocycles. The molecule has 0 atom stereocenters. The fourth-order valence-electron chi connectivity index (χ4n) is 2.78. The van der Waals surface area contributed by atoms with Gasteiger partial charge in [0.2, 0.25) is 0 Å². The summed E-state index contributed by atoms with van der Waals surface area (Å²) in [6.07, 6.45) is 1.44. The Balaban J connectivity index is 1.71. The highest BCUT2D eigenvalue weighted by atomic mass is 35.5. The summed E-state index contributed by atoms with van der Waals surface area (Å²) in [5.41, 5.74) is 11.1. The molecule has 2 aromatic rings. The van der Waals surface area contributed by atoms with Gasteiger partial charge in [0.25, 0.3) is 5.91 Å². The van der Waals surface area contributed by atoms with Crippen molar-refractivity contribution in [3.8, 4) is 0 Å². The number of aromatic nitrogens is 2. The Labute approximate surface area is 187 Å². The Morgan fingerprint density at radius 1 is 1.10 bits per heavy atom. The van der Waals surface area contributed by atoms with Crippen molar-refractivity contribution in [2.75, 3.05) is 51.7 Å². The van der Waals surface area contributed by atoms with Crippen molar-refractivity contribution in [1.29, 1.82) is 0 Å². The standard InChI is InChI=1S/C19H28ClN7O3S/c1-27(2,12-7-6-10-24-31(29,30)14-8-4-3-5-9-14)13-11-23-19(28)15-17(21)26-18(22)16(20)25-15/h3-5,8-9H,6-7,10-13H2,1-2H3,(H5,21,22,23,26,28). The molecule has 1 heterocycles. The SMILES string of the molecule is C[N+](C)(CCCC[N-]S(=O)(=O)c1ccccc1)CCNC(=O)c1nc(Cl)c(N)nc1N. The van der Waals surface area contributed by atoms with Gasteiger partial charge in [-0.25, -0.2) is 18.4 Å². The van der Waals surface area contributed by atoms with E-state index in [9.17, 15) is 13.2 Å². The van der Waals surface area contributed by atoms with Gasteiger partial charge in [-0.05, 0) is 18.6 Å². The highest BCUT2D eigenvalue weighted by Gasteiger charge is 2.18. The summed E-state index contributed by atoms with van der Waals surface area (Å²) < 4.78 is 28.8. The first-order valence-corrected chi connectivity index (χ1v) is 11.5. The van der Waals surface area contributed by atoms with E-state index in [-0.39, 0.29) is 33.9 Å². The van der Waals surface area contributed by atoms with Crippen LogP contribution in [0.15, 0.2) is 35.2 Å². The minimum absolute atomic E-state index is 0.0307. The molecule has 5 N–H and O–H groups in total. The van der Waals surface area contributed by atoms with Gasteiger partial charge in [-0.1, -0.05) is 36.2 Å². The average molecular weight is 470 g/mol. The zero-order valence-electron chi connectivity index (χ0n) is 17.6. The Morgan fingerprint density at radius 2 is 1.77 bits per heavy atom. The summed E-state index contributed by atoms with van der Waals surface area (Å²) in [7, 11) is 0.450. The van der Waals surface area contributed by atoms with E-state index < -0.39 is 15.9 Å². The zero-order chi connectivity index (χ0) is 23.1. The molecule has 2 rings (SSSR count). The van der Waals surface area contributed by atoms with E-state index in [1.165, 1.54) is 12.1 Å². The van der Waals surface area contributed by atoms with Gasteiger partial charge in [-0.15, -0.1) is 6.54 Å². The number of unbranched alkanes of at least 4 members (excludes halogenated alkanes) is 1. The molecule has 10 nitrogen and oxygen atoms in total. The third-order valence-electron chi connectivity index (χ3n) is 4.60. The quantitative estimate of drug-likeness (QED) is 0.333. The molecule has 0 unspecified atom stereocenters. The maximum Gasteiger partial charge on any atom is 0.273 e. The smallest absolute Gasteiger partial charge is 0.273 e. The molecule has 0 radical (unpaired) electrons. The van der Waals surface area contributed by atoms with Crippen molar-refractivity contribution >= 4 is 39.2 Å². The highest BCUT2D eigenvalue weighted by molar-refractivity contribution is 7.94. The van der Waals surface area contributed by atoms with E-state index in [0.29, 0.717) is 24.0 Å². The molecule has 12 heteroatoms. The van der Waals surface area contributed by atoms with Crippen molar-refractivity contribution in [3.63, 3.8) is 0 Å². The monoisotopic (exact) mass is 469 g/mol. The minimum atomic E-state index is -3.60. The van der Waals surface area contributed by atoms with E-state index in [4.69, 9.17) is 23.1 Å². The van der Waals surface area contributed by atoms with Gasteiger partial charge in [-0.3, -0.25) is 4.79 Å². The molecule has 31 heavy (non-hydrogen) atoms. The number of nitrogen functional groups attached to an aromatic ring is 2. The summed E-state index contributed by atoms with van der Waals surface area (Å²) in [6, 6.07) is 8.16. The largest absolute Gasteiger partial charge is 0.545 e. The number of anilines is 2. The summed E-state index contributed by atoms with van der Waals surface area (Å²) in [4.78, 5) is 20.1. The lowest BCUT2D eigenvalue weighted by molar-refractivity contribution is -0.889. The van der Waals surface area contributed by atoms with E-state index in [1.807, 2.05) is 14.1 Å². The number of carbonyl (C=O) groups is 1. The number of amides is 1. The van der Waals surface area contributed by atoms with E-state index in [2.05, 4.69) is 20.0 Å². The van der Waals surface area contributed by atoms with Crippen molar-refractivity contribution in [2.45, 2.75) is 17.7 Å². The lowest BCUT2D eigenvalue weighted by atomic mass is 10.2. The number of hydrogen-bond donors (Lipinski definition) is 3. The fourth-order valence-corrected chi connectivity index (χ4v) is 3.93. The first-order chi connectivity index (χ1) is 14.5. The predicted molar refractivity (Wildman–Crippen MR) is 121 cm³/mol. The van der Waals surface area contributed by atoms with Crippen LogP contribution in [0.2, 0.25) is 5.15 Å². The van der Waals surface area contributed by atoms with Crippen LogP contribution in [0.4, 0.5) is 11.6 Å². The van der Waals surface area contributed by atoms with Crippen LogP contribution >= 0.6 is 11.6 Å². The summed E-state index contributed by atoms with van der Waals surface area (Å²) in [5.74, 6) is -0.587. The van der Waals surface area contributed by atoms with Crippen molar-refractivity contribution in [2.24, 2.45) is 0 Å². The van der Waals surface area contributed by atoms with Gasteiger partial charge in [0, 0.05) is 4.90 Å². The first-order valence-electron chi connectivity index (χ1n) is 9.69. The number of rotatable bonds is 11. The van der Waals surface area contributed by atoms with Crippen LogP contribution in [0.3, 0.4) is 0 Å². The minimum Gasteiger partial charge on any atom is -0.545 e. The average Bonchev–Trinajstić information content (AvgIpc) is 2.70. The Bertz CT molecular complexity index is 1000. The van der Waals surface area contributed by atoms with Crippen molar-refractivity contribution in [3.05, 3.63) is 45.9 Å². The van der Waals surface area contributed by atoms with Crippen LogP contribution in [0.25, 0.3) is 4.72 Å². The van der Waals surface area contributed by atoms with Gasteiger partial charge in [0.05, 0.1) is 33.7 Å². The Hall–Kier alpha value is -2.47. The first kappa shape index (κ1) is 24.8. The van der Waals surface area contributed by atoms with E-state index in [1.54, 1.807) is 18.2 Å². The van der Waals surface area contributed by atoms with Gasteiger partial charge in [0.1, 0.15) is 10.0 Å². The Kier molecular flexibility index (Phi) is 8.57. The highest BCUT2D eigenvalue weighted by Crippen LogP contribution is 2.18. The number of likely N-dealkylation sites (N-methyl/N-ethyl adjacent to an activating group) is 1. The van der Waals surface area contributed by atoms with Crippen molar-refractivity contribution < 1.29 is 17.7 Å². The second-order valence-corrected chi connectivity index (χ2v) is 9.66. The number of carbonyl (C=O) groups excluding carboxylic acids is 1. The molecule has 0 saturated heterocycles. The maximum atomic E-state index is 12.3. The molecular weight excluding hydrogens is 442 g/mol. The molecule has 0 saturated carbocycles. The van der Waals surface area contributed by atoms with E-state index in [0.717, 1.165) is 13.0 Å². The third-order valence-corrected chi connectivity index (χ3v) is 6.26. The molecule has 0 aliphatic carbocycles. The van der Waals surface area contributed by atoms with Crippen LogP contribution in [-0.2, 0) is 10.0 Å². The number of quaternary nitrogens is 1.